The molecule has 0 amide bonds. The van der Waals surface area contributed by atoms with E-state index in [0.717, 1.165) is 37.9 Å². The van der Waals surface area contributed by atoms with Gasteiger partial charge in [0.1, 0.15) is 5.82 Å². The van der Waals surface area contributed by atoms with E-state index in [1.807, 2.05) is 25.3 Å². The molecule has 1 aromatic carbocycles. The monoisotopic (exact) mass is 401 g/mol. The molecule has 7 heteroatoms. The van der Waals surface area contributed by atoms with Crippen molar-refractivity contribution in [3.8, 4) is 0 Å². The van der Waals surface area contributed by atoms with Crippen LogP contribution in [-0.2, 0) is 32.8 Å². The Labute approximate surface area is 170 Å². The van der Waals surface area contributed by atoms with Gasteiger partial charge in [0.2, 0.25) is 0 Å². The van der Waals surface area contributed by atoms with Crippen molar-refractivity contribution < 1.29 is 18.7 Å². The topological polar surface area (TPSA) is 56.6 Å². The molecule has 1 spiro atoms. The van der Waals surface area contributed by atoms with Gasteiger partial charge in [0.05, 0.1) is 31.3 Å². The number of rotatable bonds is 6. The van der Waals surface area contributed by atoms with Crippen molar-refractivity contribution in [1.29, 1.82) is 0 Å². The molecule has 2 aliphatic heterocycles. The van der Waals surface area contributed by atoms with Crippen molar-refractivity contribution in [1.82, 2.24) is 14.7 Å². The normalized spacial score (nSPS) is 19.7. The van der Waals surface area contributed by atoms with Crippen molar-refractivity contribution >= 4 is 5.97 Å². The van der Waals surface area contributed by atoms with Crippen molar-refractivity contribution in [2.24, 2.45) is 5.92 Å². The Morgan fingerprint density at radius 3 is 2.90 bits per heavy atom. The quantitative estimate of drug-likeness (QED) is 0.697. The molecule has 2 aromatic rings. The number of benzene rings is 1. The SMILES string of the molecule is CCOC(=O)C(CN1CCC2(CC1)OCCc1ccc(F)cc12)Cn1cccn1. The highest BCUT2D eigenvalue weighted by atomic mass is 19.1. The van der Waals surface area contributed by atoms with E-state index in [2.05, 4.69) is 10.00 Å². The molecular formula is C22H28FN3O3. The van der Waals surface area contributed by atoms with Crippen molar-refractivity contribution in [2.45, 2.75) is 38.3 Å². The number of piperidine rings is 1. The van der Waals surface area contributed by atoms with Crippen molar-refractivity contribution in [3.63, 3.8) is 0 Å². The fourth-order valence-corrected chi connectivity index (χ4v) is 4.55. The maximum atomic E-state index is 13.9. The predicted octanol–water partition coefficient (Wildman–Crippen LogP) is 2.77. The fourth-order valence-electron chi connectivity index (χ4n) is 4.55. The zero-order chi connectivity index (χ0) is 20.3. The van der Waals surface area contributed by atoms with Gasteiger partial charge in [-0.15, -0.1) is 0 Å². The van der Waals surface area contributed by atoms with Gasteiger partial charge in [-0.05, 0) is 55.5 Å². The molecule has 1 unspecified atom stereocenters. The van der Waals surface area contributed by atoms with Crippen LogP contribution in [0.5, 0.6) is 0 Å². The second-order valence-corrected chi connectivity index (χ2v) is 7.87. The number of hydrogen-bond donors (Lipinski definition) is 0. The summed E-state index contributed by atoms with van der Waals surface area (Å²) in [6.45, 7) is 5.57. The van der Waals surface area contributed by atoms with Crippen LogP contribution in [0.4, 0.5) is 4.39 Å². The van der Waals surface area contributed by atoms with Crippen LogP contribution in [0.25, 0.3) is 0 Å². The molecule has 1 saturated heterocycles. The summed E-state index contributed by atoms with van der Waals surface area (Å²) in [6.07, 6.45) is 5.99. The third kappa shape index (κ3) is 4.36. The maximum Gasteiger partial charge on any atom is 0.312 e. The molecule has 6 nitrogen and oxygen atoms in total. The third-order valence-corrected chi connectivity index (χ3v) is 6.04. The Bertz CT molecular complexity index is 832. The first kappa shape index (κ1) is 20.0. The van der Waals surface area contributed by atoms with Crippen LogP contribution in [0.15, 0.2) is 36.7 Å². The Balaban J connectivity index is 1.43. The van der Waals surface area contributed by atoms with E-state index < -0.39 is 5.60 Å². The van der Waals surface area contributed by atoms with Crippen molar-refractivity contribution in [3.05, 3.63) is 53.6 Å². The van der Waals surface area contributed by atoms with E-state index in [1.54, 1.807) is 16.9 Å². The Hall–Kier alpha value is -2.25. The first-order chi connectivity index (χ1) is 14.1. The minimum Gasteiger partial charge on any atom is -0.466 e. The summed E-state index contributed by atoms with van der Waals surface area (Å²) in [5.74, 6) is -0.678. The molecule has 1 atom stereocenters. The number of carbonyl (C=O) groups is 1. The molecule has 3 heterocycles. The number of aromatic nitrogens is 2. The predicted molar refractivity (Wildman–Crippen MR) is 106 cm³/mol. The minimum atomic E-state index is -0.409. The number of halogens is 1. The number of hydrogen-bond acceptors (Lipinski definition) is 5. The van der Waals surface area contributed by atoms with Gasteiger partial charge in [-0.2, -0.15) is 5.10 Å². The zero-order valence-corrected chi connectivity index (χ0v) is 16.8. The van der Waals surface area contributed by atoms with Crippen molar-refractivity contribution in [2.75, 3.05) is 32.8 Å². The minimum absolute atomic E-state index is 0.190. The average Bonchev–Trinajstić information content (AvgIpc) is 3.23. The smallest absolute Gasteiger partial charge is 0.312 e. The molecule has 29 heavy (non-hydrogen) atoms. The molecule has 156 valence electrons. The summed E-state index contributed by atoms with van der Waals surface area (Å²) in [4.78, 5) is 14.8. The standard InChI is InChI=1S/C22H28FN3O3/c1-2-28-21(27)18(16-26-10-3-9-24-26)15-25-11-7-22(8-12-25)20-14-19(23)5-4-17(20)6-13-29-22/h3-5,9-10,14,18H,2,6-8,11-13,15-16H2,1H3. The van der Waals surface area contributed by atoms with E-state index in [-0.39, 0.29) is 17.7 Å². The summed E-state index contributed by atoms with van der Waals surface area (Å²) in [5.41, 5.74) is 1.78. The lowest BCUT2D eigenvalue weighted by molar-refractivity contribution is -0.150. The lowest BCUT2D eigenvalue weighted by Crippen LogP contribution is -2.48. The zero-order valence-electron chi connectivity index (χ0n) is 16.8. The van der Waals surface area contributed by atoms with Crippen LogP contribution >= 0.6 is 0 Å². The lowest BCUT2D eigenvalue weighted by atomic mass is 9.79. The first-order valence-electron chi connectivity index (χ1n) is 10.4. The molecular weight excluding hydrogens is 373 g/mol. The molecule has 4 rings (SSSR count). The molecule has 0 bridgehead atoms. The number of fused-ring (bicyclic) bond motifs is 2. The van der Waals surface area contributed by atoms with E-state index >= 15 is 0 Å². The van der Waals surface area contributed by atoms with Crippen LogP contribution in [0.2, 0.25) is 0 Å². The van der Waals surface area contributed by atoms with Gasteiger partial charge in [-0.25, -0.2) is 4.39 Å². The van der Waals surface area contributed by atoms with Gasteiger partial charge in [-0.1, -0.05) is 6.07 Å². The summed E-state index contributed by atoms with van der Waals surface area (Å²) in [7, 11) is 0. The highest BCUT2D eigenvalue weighted by Crippen LogP contribution is 2.41. The van der Waals surface area contributed by atoms with Gasteiger partial charge in [0.15, 0.2) is 0 Å². The Morgan fingerprint density at radius 1 is 1.34 bits per heavy atom. The van der Waals surface area contributed by atoms with Gasteiger partial charge in [0, 0.05) is 32.0 Å². The molecule has 0 radical (unpaired) electrons. The highest BCUT2D eigenvalue weighted by Gasteiger charge is 2.41. The number of nitrogens with zero attached hydrogens (tertiary/aromatic N) is 3. The highest BCUT2D eigenvalue weighted by molar-refractivity contribution is 5.72. The number of ether oxygens (including phenoxy) is 2. The van der Waals surface area contributed by atoms with Crippen LogP contribution in [-0.4, -0.2) is 53.5 Å². The molecule has 1 fully saturated rings. The van der Waals surface area contributed by atoms with Crippen LogP contribution in [0.3, 0.4) is 0 Å². The second kappa shape index (κ2) is 8.63. The fraction of sp³-hybridized carbons (Fsp3) is 0.545. The summed E-state index contributed by atoms with van der Waals surface area (Å²) in [5, 5.41) is 4.23. The molecule has 0 aliphatic carbocycles. The largest absolute Gasteiger partial charge is 0.466 e. The van der Waals surface area contributed by atoms with Gasteiger partial charge in [0.25, 0.3) is 0 Å². The van der Waals surface area contributed by atoms with Gasteiger partial charge in [-0.3, -0.25) is 9.48 Å². The first-order valence-corrected chi connectivity index (χ1v) is 10.4. The molecule has 2 aliphatic rings. The van der Waals surface area contributed by atoms with E-state index in [1.165, 1.54) is 11.6 Å². The second-order valence-electron chi connectivity index (χ2n) is 7.87. The van der Waals surface area contributed by atoms with E-state index in [0.29, 0.717) is 26.3 Å². The molecule has 1 aromatic heterocycles. The maximum absolute atomic E-state index is 13.9. The summed E-state index contributed by atoms with van der Waals surface area (Å²) < 4.78 is 27.2. The van der Waals surface area contributed by atoms with Crippen LogP contribution < -0.4 is 0 Å². The van der Waals surface area contributed by atoms with E-state index in [4.69, 9.17) is 9.47 Å². The number of esters is 1. The molecule has 0 N–H and O–H groups in total. The van der Waals surface area contributed by atoms with E-state index in [9.17, 15) is 9.18 Å². The van der Waals surface area contributed by atoms with Crippen LogP contribution in [0, 0.1) is 11.7 Å². The Kier molecular flexibility index (Phi) is 5.96. The summed E-state index contributed by atoms with van der Waals surface area (Å²) >= 11 is 0. The third-order valence-electron chi connectivity index (χ3n) is 6.04. The molecule has 0 saturated carbocycles. The average molecular weight is 401 g/mol. The van der Waals surface area contributed by atoms with Gasteiger partial charge >= 0.3 is 5.97 Å². The lowest BCUT2D eigenvalue weighted by Gasteiger charge is -2.45. The summed E-state index contributed by atoms with van der Waals surface area (Å²) in [6, 6.07) is 6.92. The number of carbonyl (C=O) groups excluding carboxylic acids is 1. The van der Waals surface area contributed by atoms with Gasteiger partial charge < -0.3 is 14.4 Å². The Morgan fingerprint density at radius 2 is 2.17 bits per heavy atom. The van der Waals surface area contributed by atoms with Crippen LogP contribution in [0.1, 0.15) is 30.9 Å². The number of likely N-dealkylation sites (tertiary alicyclic amines) is 1.